The summed E-state index contributed by atoms with van der Waals surface area (Å²) < 4.78 is 4.48. The monoisotopic (exact) mass is 214 g/mol. The van der Waals surface area contributed by atoms with E-state index in [1.165, 1.54) is 12.0 Å². The van der Waals surface area contributed by atoms with E-state index < -0.39 is 12.1 Å². The lowest BCUT2D eigenvalue weighted by molar-refractivity contribution is -0.151. The van der Waals surface area contributed by atoms with Gasteiger partial charge in [-0.3, -0.25) is 0 Å². The Balaban J connectivity index is 2.74. The zero-order valence-corrected chi connectivity index (χ0v) is 9.30. The average Bonchev–Trinajstić information content (AvgIpc) is 2.61. The summed E-state index contributed by atoms with van der Waals surface area (Å²) in [6, 6.07) is 3.90. The van der Waals surface area contributed by atoms with Crippen molar-refractivity contribution in [1.82, 2.24) is 0 Å². The summed E-state index contributed by atoms with van der Waals surface area (Å²) in [5.41, 5.74) is 0. The molecule has 14 heavy (non-hydrogen) atoms. The first-order valence-corrected chi connectivity index (χ1v) is 5.20. The third-order valence-electron chi connectivity index (χ3n) is 2.13. The number of carbonyl (C=O) groups excluding carboxylic acids is 1. The van der Waals surface area contributed by atoms with Crippen molar-refractivity contribution in [3.8, 4) is 0 Å². The van der Waals surface area contributed by atoms with Crippen molar-refractivity contribution >= 4 is 17.3 Å². The molecule has 1 rings (SSSR count). The third kappa shape index (κ3) is 2.33. The van der Waals surface area contributed by atoms with Gasteiger partial charge in [0.05, 0.1) is 7.11 Å². The van der Waals surface area contributed by atoms with E-state index in [4.69, 9.17) is 0 Å². The van der Waals surface area contributed by atoms with Crippen molar-refractivity contribution in [2.45, 2.75) is 25.9 Å². The Morgan fingerprint density at radius 1 is 1.57 bits per heavy atom. The smallest absolute Gasteiger partial charge is 0.335 e. The molecule has 0 radical (unpaired) electrons. The highest BCUT2D eigenvalue weighted by atomic mass is 32.1. The normalized spacial score (nSPS) is 14.9. The molecule has 1 N–H and O–H groups in total. The predicted octanol–water partition coefficient (Wildman–Crippen LogP) is 1.69. The van der Waals surface area contributed by atoms with Gasteiger partial charge in [-0.25, -0.2) is 4.79 Å². The Morgan fingerprint density at radius 3 is 2.64 bits per heavy atom. The van der Waals surface area contributed by atoms with Crippen LogP contribution in [-0.2, 0) is 9.53 Å². The van der Waals surface area contributed by atoms with Gasteiger partial charge in [-0.2, -0.15) is 0 Å². The summed E-state index contributed by atoms with van der Waals surface area (Å²) in [5, 5.41) is 9.58. The lowest BCUT2D eigenvalue weighted by Crippen LogP contribution is -2.27. The highest BCUT2D eigenvalue weighted by Gasteiger charge is 2.25. The summed E-state index contributed by atoms with van der Waals surface area (Å²) in [6.07, 6.45) is -1.07. The first kappa shape index (κ1) is 11.2. The molecule has 1 heterocycles. The summed E-state index contributed by atoms with van der Waals surface area (Å²) in [6.45, 7) is 3.80. The van der Waals surface area contributed by atoms with E-state index in [-0.39, 0.29) is 5.92 Å². The predicted molar refractivity (Wildman–Crippen MR) is 55.5 cm³/mol. The number of aryl methyl sites for hydroxylation is 1. The highest BCUT2D eigenvalue weighted by Crippen LogP contribution is 2.27. The minimum absolute atomic E-state index is 0.207. The topological polar surface area (TPSA) is 46.5 Å². The van der Waals surface area contributed by atoms with Crippen LogP contribution in [0.3, 0.4) is 0 Å². The molecule has 0 saturated heterocycles. The molecule has 0 fully saturated rings. The molecular weight excluding hydrogens is 200 g/mol. The van der Waals surface area contributed by atoms with Gasteiger partial charge in [0.2, 0.25) is 0 Å². The number of methoxy groups -OCH3 is 1. The molecule has 0 aliphatic heterocycles. The van der Waals surface area contributed by atoms with Crippen LogP contribution in [0, 0.1) is 6.92 Å². The zero-order valence-electron chi connectivity index (χ0n) is 8.48. The Labute approximate surface area is 87.3 Å². The van der Waals surface area contributed by atoms with E-state index in [0.29, 0.717) is 0 Å². The van der Waals surface area contributed by atoms with Gasteiger partial charge in [0, 0.05) is 15.7 Å². The molecule has 0 aliphatic rings. The number of hydrogen-bond acceptors (Lipinski definition) is 4. The number of aliphatic hydroxyl groups is 1. The van der Waals surface area contributed by atoms with Crippen LogP contribution in [0.4, 0.5) is 0 Å². The van der Waals surface area contributed by atoms with E-state index in [1.54, 1.807) is 11.3 Å². The zero-order chi connectivity index (χ0) is 10.7. The van der Waals surface area contributed by atoms with Crippen LogP contribution in [0.2, 0.25) is 0 Å². The van der Waals surface area contributed by atoms with E-state index in [1.807, 2.05) is 26.0 Å². The second kappa shape index (κ2) is 4.57. The highest BCUT2D eigenvalue weighted by molar-refractivity contribution is 7.12. The number of thiophene rings is 1. The van der Waals surface area contributed by atoms with Crippen LogP contribution in [0.1, 0.15) is 22.6 Å². The van der Waals surface area contributed by atoms with Crippen molar-refractivity contribution in [1.29, 1.82) is 0 Å². The van der Waals surface area contributed by atoms with E-state index in [2.05, 4.69) is 4.74 Å². The number of aliphatic hydroxyl groups excluding tert-OH is 1. The van der Waals surface area contributed by atoms with Gasteiger partial charge in [-0.15, -0.1) is 11.3 Å². The number of esters is 1. The van der Waals surface area contributed by atoms with Crippen molar-refractivity contribution < 1.29 is 14.6 Å². The molecule has 0 saturated carbocycles. The maximum atomic E-state index is 11.1. The van der Waals surface area contributed by atoms with Crippen LogP contribution in [0.25, 0.3) is 0 Å². The second-order valence-electron chi connectivity index (χ2n) is 3.21. The number of rotatable bonds is 3. The lowest BCUT2D eigenvalue weighted by atomic mass is 10.0. The number of ether oxygens (including phenoxy) is 1. The van der Waals surface area contributed by atoms with E-state index >= 15 is 0 Å². The van der Waals surface area contributed by atoms with Gasteiger partial charge in [0.1, 0.15) is 0 Å². The molecular formula is C10H14O3S. The fraction of sp³-hybridized carbons (Fsp3) is 0.500. The van der Waals surface area contributed by atoms with Crippen LogP contribution in [0.5, 0.6) is 0 Å². The molecule has 2 atom stereocenters. The minimum atomic E-state index is -1.07. The summed E-state index contributed by atoms with van der Waals surface area (Å²) in [4.78, 5) is 13.2. The maximum Gasteiger partial charge on any atom is 0.335 e. The average molecular weight is 214 g/mol. The van der Waals surface area contributed by atoms with Gasteiger partial charge >= 0.3 is 5.97 Å². The van der Waals surface area contributed by atoms with Crippen LogP contribution in [-0.4, -0.2) is 24.3 Å². The minimum Gasteiger partial charge on any atom is -0.467 e. The van der Waals surface area contributed by atoms with Crippen molar-refractivity contribution in [2.75, 3.05) is 7.11 Å². The Bertz CT molecular complexity index is 319. The molecule has 0 spiro atoms. The summed E-state index contributed by atoms with van der Waals surface area (Å²) in [7, 11) is 1.28. The number of carbonyl (C=O) groups is 1. The molecule has 2 unspecified atom stereocenters. The largest absolute Gasteiger partial charge is 0.467 e. The third-order valence-corrected chi connectivity index (χ3v) is 3.33. The second-order valence-corrected chi connectivity index (χ2v) is 4.52. The molecule has 3 nitrogen and oxygen atoms in total. The standard InChI is InChI=1S/C10H14O3S/c1-6-4-5-8(14-6)7(2)9(11)10(12)13-3/h4-5,7,9,11H,1-3H3. The van der Waals surface area contributed by atoms with Crippen molar-refractivity contribution in [3.05, 3.63) is 21.9 Å². The Hall–Kier alpha value is -0.870. The van der Waals surface area contributed by atoms with Gasteiger partial charge in [-0.05, 0) is 19.1 Å². The fourth-order valence-electron chi connectivity index (χ4n) is 1.18. The van der Waals surface area contributed by atoms with Crippen molar-refractivity contribution in [2.24, 2.45) is 0 Å². The molecule has 4 heteroatoms. The molecule has 1 aromatic rings. The lowest BCUT2D eigenvalue weighted by Gasteiger charge is -2.14. The van der Waals surface area contributed by atoms with Gasteiger partial charge < -0.3 is 9.84 Å². The van der Waals surface area contributed by atoms with E-state index in [9.17, 15) is 9.90 Å². The van der Waals surface area contributed by atoms with Crippen LogP contribution < -0.4 is 0 Å². The van der Waals surface area contributed by atoms with Crippen LogP contribution in [0.15, 0.2) is 12.1 Å². The fourth-order valence-corrected chi connectivity index (χ4v) is 2.14. The molecule has 1 aromatic heterocycles. The molecule has 0 aromatic carbocycles. The summed E-state index contributed by atoms with van der Waals surface area (Å²) in [5.74, 6) is -0.787. The molecule has 0 bridgehead atoms. The van der Waals surface area contributed by atoms with Gasteiger partial charge in [0.15, 0.2) is 6.10 Å². The van der Waals surface area contributed by atoms with Crippen LogP contribution >= 0.6 is 11.3 Å². The van der Waals surface area contributed by atoms with Gasteiger partial charge in [0.25, 0.3) is 0 Å². The first-order valence-electron chi connectivity index (χ1n) is 4.38. The summed E-state index contributed by atoms with van der Waals surface area (Å²) >= 11 is 1.58. The molecule has 0 aliphatic carbocycles. The first-order chi connectivity index (χ1) is 6.56. The SMILES string of the molecule is COC(=O)C(O)C(C)c1ccc(C)s1. The Kier molecular flexibility index (Phi) is 3.66. The Morgan fingerprint density at radius 2 is 2.21 bits per heavy atom. The number of hydrogen-bond donors (Lipinski definition) is 1. The molecule has 0 amide bonds. The van der Waals surface area contributed by atoms with Crippen molar-refractivity contribution in [3.63, 3.8) is 0 Å². The van der Waals surface area contributed by atoms with E-state index in [0.717, 1.165) is 4.88 Å². The van der Waals surface area contributed by atoms with Gasteiger partial charge in [-0.1, -0.05) is 6.92 Å². The molecule has 78 valence electrons. The quantitative estimate of drug-likeness (QED) is 0.779. The maximum absolute atomic E-state index is 11.1.